The van der Waals surface area contributed by atoms with Gasteiger partial charge >= 0.3 is 0 Å². The van der Waals surface area contributed by atoms with Crippen molar-refractivity contribution in [2.75, 3.05) is 0 Å². The molecular formula is C6H3ClF2S. The minimum Gasteiger partial charge on any atom is -0.207 e. The molecule has 0 spiro atoms. The van der Waals surface area contributed by atoms with Crippen molar-refractivity contribution < 1.29 is 8.78 Å². The molecule has 4 heteroatoms. The molecule has 0 nitrogen and oxygen atoms in total. The van der Waals surface area contributed by atoms with E-state index in [1.165, 1.54) is 0 Å². The summed E-state index contributed by atoms with van der Waals surface area (Å²) in [5.74, 6) is -0.981. The van der Waals surface area contributed by atoms with Crippen LogP contribution in [0.15, 0.2) is 23.1 Å². The van der Waals surface area contributed by atoms with Gasteiger partial charge in [-0.2, -0.15) is 0 Å². The Kier molecular flexibility index (Phi) is 2.51. The zero-order valence-electron chi connectivity index (χ0n) is 4.77. The molecule has 10 heavy (non-hydrogen) atoms. The summed E-state index contributed by atoms with van der Waals surface area (Å²) in [6, 6.07) is 3.14. The van der Waals surface area contributed by atoms with Crippen LogP contribution in [0.2, 0.25) is 0 Å². The Morgan fingerprint density at radius 3 is 2.50 bits per heavy atom. The van der Waals surface area contributed by atoms with Gasteiger partial charge in [0.15, 0.2) is 0 Å². The number of hydrogen-bond acceptors (Lipinski definition) is 1. The zero-order valence-corrected chi connectivity index (χ0v) is 6.35. The first-order chi connectivity index (χ1) is 4.74. The SMILES string of the molecule is Fc1ccc(F)c(SCl)c1. The monoisotopic (exact) mass is 180 g/mol. The fourth-order valence-corrected chi connectivity index (χ4v) is 1.19. The summed E-state index contributed by atoms with van der Waals surface area (Å²) in [5, 5.41) is 0. The van der Waals surface area contributed by atoms with E-state index in [9.17, 15) is 8.78 Å². The normalized spacial score (nSPS) is 9.90. The summed E-state index contributed by atoms with van der Waals surface area (Å²) in [5.41, 5.74) is 0. The lowest BCUT2D eigenvalue weighted by Crippen LogP contribution is -1.79. The number of halogens is 3. The summed E-state index contributed by atoms with van der Waals surface area (Å²) in [6.45, 7) is 0. The van der Waals surface area contributed by atoms with Crippen molar-refractivity contribution in [3.05, 3.63) is 29.8 Å². The Labute approximate surface area is 65.7 Å². The molecule has 1 aromatic carbocycles. The number of benzene rings is 1. The maximum absolute atomic E-state index is 12.5. The zero-order chi connectivity index (χ0) is 7.56. The maximum Gasteiger partial charge on any atom is 0.138 e. The molecule has 0 aliphatic carbocycles. The molecule has 0 aliphatic rings. The van der Waals surface area contributed by atoms with Crippen molar-refractivity contribution in [1.82, 2.24) is 0 Å². The van der Waals surface area contributed by atoms with Gasteiger partial charge in [0, 0.05) is 0 Å². The third kappa shape index (κ3) is 1.61. The second-order valence-corrected chi connectivity index (χ2v) is 2.71. The second kappa shape index (κ2) is 3.21. The summed E-state index contributed by atoms with van der Waals surface area (Å²) < 4.78 is 24.8. The summed E-state index contributed by atoms with van der Waals surface area (Å²) in [6.07, 6.45) is 0. The van der Waals surface area contributed by atoms with E-state index in [-0.39, 0.29) is 4.90 Å². The Morgan fingerprint density at radius 1 is 1.30 bits per heavy atom. The molecule has 0 heterocycles. The van der Waals surface area contributed by atoms with Crippen molar-refractivity contribution in [2.24, 2.45) is 0 Å². The maximum atomic E-state index is 12.5. The van der Waals surface area contributed by atoms with Crippen LogP contribution < -0.4 is 0 Å². The molecule has 0 unspecified atom stereocenters. The summed E-state index contributed by atoms with van der Waals surface area (Å²) in [4.78, 5) is 0.113. The highest BCUT2D eigenvalue weighted by molar-refractivity contribution is 8.21. The van der Waals surface area contributed by atoms with Gasteiger partial charge in [0.2, 0.25) is 0 Å². The van der Waals surface area contributed by atoms with Gasteiger partial charge in [-0.3, -0.25) is 0 Å². The van der Waals surface area contributed by atoms with Crippen LogP contribution in [0, 0.1) is 11.6 Å². The molecule has 0 N–H and O–H groups in total. The molecule has 1 rings (SSSR count). The first-order valence-electron chi connectivity index (χ1n) is 2.47. The molecule has 0 fully saturated rings. The first-order valence-corrected chi connectivity index (χ1v) is 4.12. The van der Waals surface area contributed by atoms with Crippen LogP contribution in [0.25, 0.3) is 0 Å². The molecule has 0 bridgehead atoms. The molecule has 1 aromatic rings. The first kappa shape index (κ1) is 7.82. The number of rotatable bonds is 1. The lowest BCUT2D eigenvalue weighted by Gasteiger charge is -1.94. The summed E-state index contributed by atoms with van der Waals surface area (Å²) >= 11 is 0. The standard InChI is InChI=1S/C6H3ClF2S/c7-10-6-3-4(8)1-2-5(6)9/h1-3H. The molecule has 0 saturated carbocycles. The fraction of sp³-hybridized carbons (Fsp3) is 0. The molecule has 0 aromatic heterocycles. The van der Waals surface area contributed by atoms with Crippen LogP contribution in [0.4, 0.5) is 8.78 Å². The van der Waals surface area contributed by atoms with E-state index in [1.54, 1.807) is 0 Å². The van der Waals surface area contributed by atoms with E-state index in [2.05, 4.69) is 0 Å². The highest BCUT2D eigenvalue weighted by atomic mass is 35.7. The second-order valence-electron chi connectivity index (χ2n) is 1.65. The third-order valence-electron chi connectivity index (χ3n) is 0.976. The third-order valence-corrected chi connectivity index (χ3v) is 1.95. The van der Waals surface area contributed by atoms with E-state index in [0.717, 1.165) is 18.2 Å². The van der Waals surface area contributed by atoms with Gasteiger partial charge in [0.05, 0.1) is 4.90 Å². The van der Waals surface area contributed by atoms with Gasteiger partial charge in [-0.05, 0) is 39.9 Å². The van der Waals surface area contributed by atoms with Crippen molar-refractivity contribution in [1.29, 1.82) is 0 Å². The average Bonchev–Trinajstić information content (AvgIpc) is 1.94. The molecular weight excluding hydrogens is 178 g/mol. The molecule has 0 atom stereocenters. The Bertz CT molecular complexity index is 239. The van der Waals surface area contributed by atoms with E-state index in [0.29, 0.717) is 11.0 Å². The molecule has 0 amide bonds. The van der Waals surface area contributed by atoms with Gasteiger partial charge in [0.1, 0.15) is 11.6 Å². The molecule has 0 saturated heterocycles. The van der Waals surface area contributed by atoms with Crippen LogP contribution in [0.3, 0.4) is 0 Å². The molecule has 0 aliphatic heterocycles. The average molecular weight is 181 g/mol. The quantitative estimate of drug-likeness (QED) is 0.640. The Morgan fingerprint density at radius 2 is 2.00 bits per heavy atom. The van der Waals surface area contributed by atoms with E-state index in [4.69, 9.17) is 10.7 Å². The largest absolute Gasteiger partial charge is 0.207 e. The van der Waals surface area contributed by atoms with Gasteiger partial charge in [-0.15, -0.1) is 0 Å². The van der Waals surface area contributed by atoms with E-state index >= 15 is 0 Å². The topological polar surface area (TPSA) is 0 Å². The lowest BCUT2D eigenvalue weighted by molar-refractivity contribution is 0.577. The van der Waals surface area contributed by atoms with Gasteiger partial charge in [-0.1, -0.05) is 0 Å². The van der Waals surface area contributed by atoms with Gasteiger partial charge in [-0.25, -0.2) is 8.78 Å². The Balaban J connectivity index is 3.09. The van der Waals surface area contributed by atoms with Gasteiger partial charge in [0.25, 0.3) is 0 Å². The minimum atomic E-state index is -0.499. The molecule has 0 radical (unpaired) electrons. The van der Waals surface area contributed by atoms with E-state index < -0.39 is 11.6 Å². The predicted octanol–water partition coefficient (Wildman–Crippen LogP) is 3.21. The van der Waals surface area contributed by atoms with Crippen LogP contribution in [-0.4, -0.2) is 0 Å². The van der Waals surface area contributed by atoms with E-state index in [1.807, 2.05) is 0 Å². The van der Waals surface area contributed by atoms with Crippen molar-refractivity contribution in [3.63, 3.8) is 0 Å². The highest BCUT2D eigenvalue weighted by Gasteiger charge is 2.01. The van der Waals surface area contributed by atoms with Crippen molar-refractivity contribution in [3.8, 4) is 0 Å². The predicted molar refractivity (Wildman–Crippen MR) is 38.1 cm³/mol. The number of hydrogen-bond donors (Lipinski definition) is 0. The fourth-order valence-electron chi connectivity index (χ4n) is 0.536. The van der Waals surface area contributed by atoms with Crippen LogP contribution in [0.5, 0.6) is 0 Å². The van der Waals surface area contributed by atoms with Crippen molar-refractivity contribution in [2.45, 2.75) is 4.90 Å². The van der Waals surface area contributed by atoms with Crippen molar-refractivity contribution >= 4 is 21.7 Å². The Hall–Kier alpha value is -0.280. The van der Waals surface area contributed by atoms with Crippen LogP contribution in [-0.2, 0) is 0 Å². The van der Waals surface area contributed by atoms with Crippen LogP contribution >= 0.6 is 21.7 Å². The highest BCUT2D eigenvalue weighted by Crippen LogP contribution is 2.25. The smallest absolute Gasteiger partial charge is 0.138 e. The summed E-state index contributed by atoms with van der Waals surface area (Å²) in [7, 11) is 5.88. The van der Waals surface area contributed by atoms with Gasteiger partial charge < -0.3 is 0 Å². The lowest BCUT2D eigenvalue weighted by atomic mass is 10.3. The molecule has 54 valence electrons. The minimum absolute atomic E-state index is 0.113. The van der Waals surface area contributed by atoms with Crippen LogP contribution in [0.1, 0.15) is 0 Å².